The van der Waals surface area contributed by atoms with Crippen LogP contribution in [0.5, 0.6) is 0 Å². The van der Waals surface area contributed by atoms with E-state index in [-0.39, 0.29) is 17.9 Å². The van der Waals surface area contributed by atoms with Gasteiger partial charge < -0.3 is 0 Å². The third kappa shape index (κ3) is 3.91. The molecule has 0 radical (unpaired) electrons. The smallest absolute Gasteiger partial charge is 0.272 e. The number of hydrogen-bond acceptors (Lipinski definition) is 3. The van der Waals surface area contributed by atoms with Crippen LogP contribution in [-0.4, -0.2) is 10.7 Å². The second-order valence-corrected chi connectivity index (χ2v) is 5.25. The maximum absolute atomic E-state index is 13.2. The Morgan fingerprint density at radius 2 is 1.94 bits per heavy atom. The van der Waals surface area contributed by atoms with Gasteiger partial charge in [-0.2, -0.15) is 0 Å². The maximum atomic E-state index is 13.2. The Morgan fingerprint density at radius 1 is 1.33 bits per heavy atom. The lowest BCUT2D eigenvalue weighted by atomic mass is 9.87. The Labute approximate surface area is 105 Å². The molecule has 5 heteroatoms. The lowest BCUT2D eigenvalue weighted by Gasteiger charge is -2.16. The zero-order valence-electron chi connectivity index (χ0n) is 10.7. The van der Waals surface area contributed by atoms with Gasteiger partial charge in [-0.05, 0) is 18.1 Å². The molecule has 0 spiro atoms. The number of Topliss-reactive ketones (excluding diaryl/α,β-unsaturated/α-hetero) is 1. The van der Waals surface area contributed by atoms with Crippen molar-refractivity contribution in [1.29, 1.82) is 0 Å². The molecule has 0 atom stereocenters. The second-order valence-electron chi connectivity index (χ2n) is 5.25. The fourth-order valence-corrected chi connectivity index (χ4v) is 1.52. The minimum atomic E-state index is -0.651. The number of carbonyl (C=O) groups is 1. The van der Waals surface area contributed by atoms with E-state index < -0.39 is 16.2 Å². The number of benzene rings is 1. The molecule has 0 unspecified atom stereocenters. The third-order valence-electron chi connectivity index (χ3n) is 2.63. The van der Waals surface area contributed by atoms with Gasteiger partial charge in [-0.3, -0.25) is 14.9 Å². The molecule has 0 aliphatic rings. The van der Waals surface area contributed by atoms with Crippen molar-refractivity contribution in [2.75, 3.05) is 0 Å². The highest BCUT2D eigenvalue weighted by molar-refractivity contribution is 5.83. The minimum absolute atomic E-state index is 0.0504. The summed E-state index contributed by atoms with van der Waals surface area (Å²) in [5.74, 6) is -0.600. The quantitative estimate of drug-likeness (QED) is 0.611. The molecule has 1 aromatic carbocycles. The van der Waals surface area contributed by atoms with E-state index in [2.05, 4.69) is 0 Å². The van der Waals surface area contributed by atoms with Gasteiger partial charge in [0.1, 0.15) is 11.6 Å². The Morgan fingerprint density at radius 3 is 2.44 bits per heavy atom. The minimum Gasteiger partial charge on any atom is -0.299 e. The molecule has 0 amide bonds. The van der Waals surface area contributed by atoms with Gasteiger partial charge in [0.05, 0.1) is 11.0 Å². The maximum Gasteiger partial charge on any atom is 0.272 e. The summed E-state index contributed by atoms with van der Waals surface area (Å²) in [6.45, 7) is 5.43. The van der Waals surface area contributed by atoms with Crippen molar-refractivity contribution in [3.8, 4) is 0 Å². The van der Waals surface area contributed by atoms with Crippen LogP contribution in [0, 0.1) is 21.3 Å². The van der Waals surface area contributed by atoms with Crippen LogP contribution in [0.2, 0.25) is 0 Å². The van der Waals surface area contributed by atoms with Crippen LogP contribution in [0.3, 0.4) is 0 Å². The number of nitro groups is 1. The molecule has 98 valence electrons. The van der Waals surface area contributed by atoms with Crippen LogP contribution in [0.15, 0.2) is 18.2 Å². The monoisotopic (exact) mass is 253 g/mol. The largest absolute Gasteiger partial charge is 0.299 e. The molecule has 18 heavy (non-hydrogen) atoms. The number of hydrogen-bond donors (Lipinski definition) is 0. The van der Waals surface area contributed by atoms with Crippen molar-refractivity contribution in [1.82, 2.24) is 0 Å². The summed E-state index contributed by atoms with van der Waals surface area (Å²) in [4.78, 5) is 21.6. The van der Waals surface area contributed by atoms with Gasteiger partial charge in [-0.25, -0.2) is 4.39 Å². The van der Waals surface area contributed by atoms with E-state index in [1.807, 2.05) is 20.8 Å². The third-order valence-corrected chi connectivity index (χ3v) is 2.63. The van der Waals surface area contributed by atoms with Crippen LogP contribution < -0.4 is 0 Å². The number of carbonyl (C=O) groups excluding carboxylic acids is 1. The van der Waals surface area contributed by atoms with Gasteiger partial charge in [0.15, 0.2) is 0 Å². The Bertz CT molecular complexity index is 478. The summed E-state index contributed by atoms with van der Waals surface area (Å²) < 4.78 is 13.2. The number of aryl methyl sites for hydroxylation is 1. The van der Waals surface area contributed by atoms with Crippen molar-refractivity contribution in [2.45, 2.75) is 33.6 Å². The van der Waals surface area contributed by atoms with Gasteiger partial charge >= 0.3 is 0 Å². The SMILES string of the molecule is CC(C)(C)C(=O)CCc1cc(F)cc([N+](=O)[O-])c1. The van der Waals surface area contributed by atoms with Crippen molar-refractivity contribution >= 4 is 11.5 Å². The van der Waals surface area contributed by atoms with E-state index in [0.29, 0.717) is 12.0 Å². The summed E-state index contributed by atoms with van der Waals surface area (Å²) in [6.07, 6.45) is 0.568. The molecule has 1 rings (SSSR count). The molecule has 0 heterocycles. The highest BCUT2D eigenvalue weighted by Crippen LogP contribution is 2.21. The van der Waals surface area contributed by atoms with Gasteiger partial charge in [-0.15, -0.1) is 0 Å². The Balaban J connectivity index is 2.80. The van der Waals surface area contributed by atoms with Crippen molar-refractivity contribution in [2.24, 2.45) is 5.41 Å². The van der Waals surface area contributed by atoms with Crippen LogP contribution in [0.4, 0.5) is 10.1 Å². The molecule has 0 bridgehead atoms. The van der Waals surface area contributed by atoms with E-state index in [9.17, 15) is 19.3 Å². The Hall–Kier alpha value is -1.78. The standard InChI is InChI=1S/C13H16FNO3/c1-13(2,3)12(16)5-4-9-6-10(14)8-11(7-9)15(17)18/h6-8H,4-5H2,1-3H3. The molecular formula is C13H16FNO3. The lowest BCUT2D eigenvalue weighted by molar-refractivity contribution is -0.385. The summed E-state index contributed by atoms with van der Waals surface area (Å²) in [6, 6.07) is 3.40. The van der Waals surface area contributed by atoms with Crippen molar-refractivity contribution in [3.05, 3.63) is 39.7 Å². The van der Waals surface area contributed by atoms with Crippen LogP contribution >= 0.6 is 0 Å². The molecule has 0 saturated heterocycles. The lowest BCUT2D eigenvalue weighted by Crippen LogP contribution is -2.20. The van der Waals surface area contributed by atoms with Crippen LogP contribution in [0.1, 0.15) is 32.8 Å². The number of nitro benzene ring substituents is 1. The molecule has 0 aliphatic heterocycles. The highest BCUT2D eigenvalue weighted by atomic mass is 19.1. The first-order chi connectivity index (χ1) is 8.20. The number of halogens is 1. The molecule has 0 fully saturated rings. The normalized spacial score (nSPS) is 11.3. The van der Waals surface area contributed by atoms with E-state index in [1.165, 1.54) is 12.1 Å². The molecule has 4 nitrogen and oxygen atoms in total. The Kier molecular flexibility index (Phi) is 4.16. The number of non-ortho nitro benzene ring substituents is 1. The zero-order chi connectivity index (χ0) is 13.9. The fourth-order valence-electron chi connectivity index (χ4n) is 1.52. The zero-order valence-corrected chi connectivity index (χ0v) is 10.7. The number of ketones is 1. The van der Waals surface area contributed by atoms with E-state index in [4.69, 9.17) is 0 Å². The predicted octanol–water partition coefficient (Wildman–Crippen LogP) is 3.28. The van der Waals surface area contributed by atoms with Crippen molar-refractivity contribution < 1.29 is 14.1 Å². The van der Waals surface area contributed by atoms with Gasteiger partial charge in [0.25, 0.3) is 5.69 Å². The fraction of sp³-hybridized carbons (Fsp3) is 0.462. The number of rotatable bonds is 4. The van der Waals surface area contributed by atoms with Crippen molar-refractivity contribution in [3.63, 3.8) is 0 Å². The molecular weight excluding hydrogens is 237 g/mol. The molecule has 0 aromatic heterocycles. The molecule has 0 N–H and O–H groups in total. The first-order valence-electron chi connectivity index (χ1n) is 5.67. The highest BCUT2D eigenvalue weighted by Gasteiger charge is 2.21. The van der Waals surface area contributed by atoms with E-state index in [1.54, 1.807) is 0 Å². The summed E-state index contributed by atoms with van der Waals surface area (Å²) in [5.41, 5.74) is -0.258. The molecule has 0 saturated carbocycles. The van der Waals surface area contributed by atoms with E-state index >= 15 is 0 Å². The molecule has 0 aliphatic carbocycles. The predicted molar refractivity (Wildman–Crippen MR) is 65.8 cm³/mol. The summed E-state index contributed by atoms with van der Waals surface area (Å²) >= 11 is 0. The summed E-state index contributed by atoms with van der Waals surface area (Å²) in [5, 5.41) is 10.6. The number of nitrogens with zero attached hydrogens (tertiary/aromatic N) is 1. The topological polar surface area (TPSA) is 60.2 Å². The average molecular weight is 253 g/mol. The average Bonchev–Trinajstić information content (AvgIpc) is 2.23. The molecule has 1 aromatic rings. The van der Waals surface area contributed by atoms with Crippen LogP contribution in [-0.2, 0) is 11.2 Å². The second kappa shape index (κ2) is 5.25. The van der Waals surface area contributed by atoms with Gasteiger partial charge in [0, 0.05) is 17.9 Å². The van der Waals surface area contributed by atoms with Gasteiger partial charge in [-0.1, -0.05) is 20.8 Å². The first kappa shape index (κ1) is 14.3. The first-order valence-corrected chi connectivity index (χ1v) is 5.67. The van der Waals surface area contributed by atoms with Gasteiger partial charge in [0.2, 0.25) is 0 Å². The van der Waals surface area contributed by atoms with E-state index in [0.717, 1.165) is 6.07 Å². The van der Waals surface area contributed by atoms with Crippen LogP contribution in [0.25, 0.3) is 0 Å². The summed E-state index contributed by atoms with van der Waals surface area (Å²) in [7, 11) is 0.